The summed E-state index contributed by atoms with van der Waals surface area (Å²) in [7, 11) is 1.50. The maximum Gasteiger partial charge on any atom is 0.259 e. The number of hydrogen-bond acceptors (Lipinski definition) is 5. The van der Waals surface area contributed by atoms with Crippen molar-refractivity contribution in [3.05, 3.63) is 23.8 Å². The fourth-order valence-corrected chi connectivity index (χ4v) is 2.23. The number of hydrogen-bond donors (Lipinski definition) is 1. The maximum atomic E-state index is 11.9. The number of aldehydes is 1. The lowest BCUT2D eigenvalue weighted by Crippen LogP contribution is -2.48. The average molecular weight is 302 g/mol. The van der Waals surface area contributed by atoms with Gasteiger partial charge in [0.25, 0.3) is 5.91 Å². The van der Waals surface area contributed by atoms with E-state index in [-0.39, 0.29) is 18.4 Å². The number of carbonyl (C=O) groups is 2. The van der Waals surface area contributed by atoms with E-state index in [2.05, 4.69) is 11.4 Å². The van der Waals surface area contributed by atoms with Crippen molar-refractivity contribution in [3.8, 4) is 17.6 Å². The highest BCUT2D eigenvalue weighted by Crippen LogP contribution is 2.39. The molecule has 1 N–H and O–H groups in total. The third-order valence-electron chi connectivity index (χ3n) is 3.73. The van der Waals surface area contributed by atoms with Gasteiger partial charge in [-0.2, -0.15) is 5.26 Å². The molecular formula is C16H18N2O4. The van der Waals surface area contributed by atoms with Crippen LogP contribution in [0.1, 0.15) is 30.1 Å². The number of methoxy groups -OCH3 is 1. The number of nitrogens with one attached hydrogen (secondary N) is 1. The highest BCUT2D eigenvalue weighted by atomic mass is 16.5. The van der Waals surface area contributed by atoms with Crippen molar-refractivity contribution in [1.82, 2.24) is 5.32 Å². The van der Waals surface area contributed by atoms with Crippen LogP contribution in [-0.4, -0.2) is 31.4 Å². The van der Waals surface area contributed by atoms with E-state index in [4.69, 9.17) is 9.47 Å². The quantitative estimate of drug-likeness (QED) is 0.774. The lowest BCUT2D eigenvalue weighted by atomic mass is 9.98. The van der Waals surface area contributed by atoms with Crippen LogP contribution in [0.5, 0.6) is 11.5 Å². The summed E-state index contributed by atoms with van der Waals surface area (Å²) in [6.45, 7) is 1.46. The van der Waals surface area contributed by atoms with E-state index in [9.17, 15) is 14.9 Å². The van der Waals surface area contributed by atoms with Gasteiger partial charge in [-0.3, -0.25) is 9.59 Å². The van der Waals surface area contributed by atoms with Crippen molar-refractivity contribution in [2.45, 2.75) is 25.3 Å². The fraction of sp³-hybridized carbons (Fsp3) is 0.438. The Balaban J connectivity index is 1.96. The Labute approximate surface area is 129 Å². The maximum absolute atomic E-state index is 11.9. The lowest BCUT2D eigenvalue weighted by molar-refractivity contribution is -0.124. The third-order valence-corrected chi connectivity index (χ3v) is 3.73. The number of rotatable bonds is 7. The number of amides is 1. The Morgan fingerprint density at radius 2 is 2.27 bits per heavy atom. The molecule has 2 rings (SSSR count). The second-order valence-corrected chi connectivity index (χ2v) is 5.45. The monoisotopic (exact) mass is 302 g/mol. The normalized spacial score (nSPS) is 16.0. The Hall–Kier alpha value is -2.55. The number of nitrogens with zero attached hydrogens (tertiary/aromatic N) is 1. The van der Waals surface area contributed by atoms with Crippen molar-refractivity contribution < 1.29 is 19.1 Å². The summed E-state index contributed by atoms with van der Waals surface area (Å²) in [5.74, 6) is 0.650. The van der Waals surface area contributed by atoms with Gasteiger partial charge in [0, 0.05) is 0 Å². The van der Waals surface area contributed by atoms with E-state index < -0.39 is 5.54 Å². The minimum absolute atomic E-state index is 0.202. The van der Waals surface area contributed by atoms with Crippen LogP contribution in [0.3, 0.4) is 0 Å². The first-order valence-corrected chi connectivity index (χ1v) is 7.00. The molecule has 0 radical (unpaired) electrons. The highest BCUT2D eigenvalue weighted by Gasteiger charge is 2.43. The smallest absolute Gasteiger partial charge is 0.259 e. The van der Waals surface area contributed by atoms with E-state index in [1.54, 1.807) is 19.1 Å². The molecule has 1 aromatic carbocycles. The molecule has 22 heavy (non-hydrogen) atoms. The van der Waals surface area contributed by atoms with Crippen LogP contribution in [0.15, 0.2) is 18.2 Å². The number of ether oxygens (including phenoxy) is 2. The van der Waals surface area contributed by atoms with Gasteiger partial charge in [0.2, 0.25) is 0 Å². The molecule has 0 unspecified atom stereocenters. The first-order chi connectivity index (χ1) is 10.5. The first-order valence-electron chi connectivity index (χ1n) is 7.00. The summed E-state index contributed by atoms with van der Waals surface area (Å²) < 4.78 is 10.4. The standard InChI is InChI=1S/C16H18N2O4/c1-16(10-17,12-3-4-12)18-15(20)9-22-14-6-5-13(21-2)7-11(14)8-19/h5-8,12H,3-4,9H2,1-2H3,(H,18,20)/t16-/m1/s1. The molecule has 0 aromatic heterocycles. The molecule has 0 aliphatic heterocycles. The summed E-state index contributed by atoms with van der Waals surface area (Å²) in [6, 6.07) is 6.89. The molecule has 1 saturated carbocycles. The van der Waals surface area contributed by atoms with E-state index >= 15 is 0 Å². The molecular weight excluding hydrogens is 284 g/mol. The summed E-state index contributed by atoms with van der Waals surface area (Å²) >= 11 is 0. The number of carbonyl (C=O) groups excluding carboxylic acids is 2. The van der Waals surface area contributed by atoms with Crippen LogP contribution < -0.4 is 14.8 Å². The summed E-state index contributed by atoms with van der Waals surface area (Å²) in [6.07, 6.45) is 2.53. The lowest BCUT2D eigenvalue weighted by Gasteiger charge is -2.22. The number of nitriles is 1. The largest absolute Gasteiger partial charge is 0.497 e. The molecule has 1 atom stereocenters. The highest BCUT2D eigenvalue weighted by molar-refractivity contribution is 5.82. The molecule has 6 heteroatoms. The molecule has 1 aliphatic carbocycles. The Bertz CT molecular complexity index is 619. The summed E-state index contributed by atoms with van der Waals surface area (Å²) in [5, 5.41) is 11.9. The molecule has 1 aromatic rings. The van der Waals surface area contributed by atoms with Gasteiger partial charge >= 0.3 is 0 Å². The second kappa shape index (κ2) is 6.48. The molecule has 0 spiro atoms. The molecule has 1 fully saturated rings. The molecule has 1 amide bonds. The molecule has 0 bridgehead atoms. The topological polar surface area (TPSA) is 88.4 Å². The number of benzene rings is 1. The van der Waals surface area contributed by atoms with Crippen LogP contribution in [-0.2, 0) is 4.79 Å². The minimum atomic E-state index is -0.853. The Morgan fingerprint density at radius 3 is 2.82 bits per heavy atom. The van der Waals surface area contributed by atoms with Crippen LogP contribution in [0.2, 0.25) is 0 Å². The van der Waals surface area contributed by atoms with Crippen molar-refractivity contribution in [2.75, 3.05) is 13.7 Å². The van der Waals surface area contributed by atoms with Gasteiger partial charge in [-0.1, -0.05) is 0 Å². The zero-order valence-corrected chi connectivity index (χ0v) is 12.6. The summed E-state index contributed by atoms with van der Waals surface area (Å²) in [5.41, 5.74) is -0.550. The molecule has 1 aliphatic rings. The Kier molecular flexibility index (Phi) is 4.66. The van der Waals surface area contributed by atoms with E-state index in [0.717, 1.165) is 12.8 Å². The Morgan fingerprint density at radius 1 is 1.55 bits per heavy atom. The van der Waals surface area contributed by atoms with Gasteiger partial charge < -0.3 is 14.8 Å². The fourth-order valence-electron chi connectivity index (χ4n) is 2.23. The van der Waals surface area contributed by atoms with Crippen molar-refractivity contribution in [1.29, 1.82) is 5.26 Å². The van der Waals surface area contributed by atoms with E-state index in [1.165, 1.54) is 13.2 Å². The molecule has 116 valence electrons. The zero-order valence-electron chi connectivity index (χ0n) is 12.6. The predicted molar refractivity (Wildman–Crippen MR) is 78.8 cm³/mol. The van der Waals surface area contributed by atoms with Crippen LogP contribution in [0.4, 0.5) is 0 Å². The van der Waals surface area contributed by atoms with Crippen molar-refractivity contribution in [2.24, 2.45) is 5.92 Å². The first kappa shape index (κ1) is 15.8. The SMILES string of the molecule is COc1ccc(OCC(=O)N[C@](C)(C#N)C2CC2)c(C=O)c1. The van der Waals surface area contributed by atoms with Gasteiger partial charge in [-0.15, -0.1) is 0 Å². The van der Waals surface area contributed by atoms with Crippen LogP contribution >= 0.6 is 0 Å². The van der Waals surface area contributed by atoms with Gasteiger partial charge in [0.1, 0.15) is 17.0 Å². The van der Waals surface area contributed by atoms with E-state index in [1.807, 2.05) is 0 Å². The average Bonchev–Trinajstić information content (AvgIpc) is 3.37. The summed E-state index contributed by atoms with van der Waals surface area (Å²) in [4.78, 5) is 23.0. The molecule has 6 nitrogen and oxygen atoms in total. The van der Waals surface area contributed by atoms with Gasteiger partial charge in [0.15, 0.2) is 12.9 Å². The van der Waals surface area contributed by atoms with Gasteiger partial charge in [-0.05, 0) is 43.9 Å². The van der Waals surface area contributed by atoms with Crippen LogP contribution in [0.25, 0.3) is 0 Å². The van der Waals surface area contributed by atoms with Gasteiger partial charge in [-0.25, -0.2) is 0 Å². The molecule has 0 saturated heterocycles. The van der Waals surface area contributed by atoms with E-state index in [0.29, 0.717) is 23.3 Å². The third kappa shape index (κ3) is 3.55. The zero-order chi connectivity index (χ0) is 16.2. The van der Waals surface area contributed by atoms with Gasteiger partial charge in [0.05, 0.1) is 18.7 Å². The second-order valence-electron chi connectivity index (χ2n) is 5.45. The van der Waals surface area contributed by atoms with Crippen molar-refractivity contribution in [3.63, 3.8) is 0 Å². The van der Waals surface area contributed by atoms with Crippen molar-refractivity contribution >= 4 is 12.2 Å². The van der Waals surface area contributed by atoms with Crippen LogP contribution in [0, 0.1) is 17.2 Å². The minimum Gasteiger partial charge on any atom is -0.497 e. The predicted octanol–water partition coefficient (Wildman–Crippen LogP) is 1.69. The molecule has 0 heterocycles.